The van der Waals surface area contributed by atoms with Crippen molar-refractivity contribution in [1.82, 2.24) is 19.7 Å². The maximum absolute atomic E-state index is 13.9. The number of hydrogen-bond donors (Lipinski definition) is 1. The Kier molecular flexibility index (Phi) is 5.89. The highest BCUT2D eigenvalue weighted by molar-refractivity contribution is 5.92. The molecule has 4 aromatic heterocycles. The molecule has 0 radical (unpaired) electrons. The van der Waals surface area contributed by atoms with Crippen LogP contribution >= 0.6 is 0 Å². The van der Waals surface area contributed by atoms with Gasteiger partial charge >= 0.3 is 0 Å². The van der Waals surface area contributed by atoms with E-state index in [1.807, 2.05) is 38.1 Å². The third-order valence-electron chi connectivity index (χ3n) is 6.19. The number of nitrogens with two attached hydrogens (primary N) is 1. The van der Waals surface area contributed by atoms with Gasteiger partial charge in [0.05, 0.1) is 37.5 Å². The lowest BCUT2D eigenvalue weighted by Gasteiger charge is -2.17. The van der Waals surface area contributed by atoms with E-state index < -0.39 is 0 Å². The first-order chi connectivity index (χ1) is 17.4. The molecule has 0 saturated heterocycles. The molecule has 0 aliphatic heterocycles. The molecule has 182 valence electrons. The molecular weight excluding hydrogens is 458 g/mol. The number of aryl methyl sites for hydroxylation is 2. The summed E-state index contributed by atoms with van der Waals surface area (Å²) in [6, 6.07) is 12.8. The Labute approximate surface area is 207 Å². The van der Waals surface area contributed by atoms with E-state index in [0.717, 1.165) is 22.2 Å². The minimum Gasteiger partial charge on any atom is -0.496 e. The number of methoxy groups -OCH3 is 2. The molecule has 0 atom stereocenters. The van der Waals surface area contributed by atoms with Crippen molar-refractivity contribution in [1.29, 1.82) is 0 Å². The molecule has 0 spiro atoms. The van der Waals surface area contributed by atoms with Crippen LogP contribution < -0.4 is 20.8 Å². The van der Waals surface area contributed by atoms with Gasteiger partial charge in [-0.1, -0.05) is 5.16 Å². The van der Waals surface area contributed by atoms with Crippen molar-refractivity contribution in [2.75, 3.05) is 20.0 Å². The lowest BCUT2D eigenvalue weighted by Crippen LogP contribution is -2.23. The van der Waals surface area contributed by atoms with Crippen molar-refractivity contribution in [3.8, 4) is 33.8 Å². The highest BCUT2D eigenvalue weighted by atomic mass is 16.5. The van der Waals surface area contributed by atoms with Crippen molar-refractivity contribution >= 4 is 16.7 Å². The molecule has 0 aliphatic carbocycles. The van der Waals surface area contributed by atoms with Crippen LogP contribution in [-0.2, 0) is 6.54 Å². The normalized spacial score (nSPS) is 11.1. The molecule has 9 heteroatoms. The molecular formula is C27H25N5O4. The molecule has 1 aromatic carbocycles. The SMILES string of the molecule is COc1cc2c(cc1-c1c(C)noc1C)cc(-c1ccc(N)nc1)c(=O)n2Cc1ncccc1OC. The van der Waals surface area contributed by atoms with Crippen LogP contribution in [0.25, 0.3) is 33.2 Å². The maximum atomic E-state index is 13.9. The van der Waals surface area contributed by atoms with Crippen LogP contribution in [-0.4, -0.2) is 33.9 Å². The van der Waals surface area contributed by atoms with Gasteiger partial charge < -0.3 is 24.3 Å². The minimum absolute atomic E-state index is 0.198. The maximum Gasteiger partial charge on any atom is 0.259 e. The molecule has 2 N–H and O–H groups in total. The first-order valence-corrected chi connectivity index (χ1v) is 11.3. The van der Waals surface area contributed by atoms with Crippen molar-refractivity contribution in [3.05, 3.63) is 82.4 Å². The number of benzene rings is 1. The second-order valence-electron chi connectivity index (χ2n) is 8.38. The number of aromatic nitrogens is 4. The van der Waals surface area contributed by atoms with E-state index >= 15 is 0 Å². The number of pyridine rings is 3. The number of nitrogen functional groups attached to an aromatic ring is 1. The molecule has 0 saturated carbocycles. The smallest absolute Gasteiger partial charge is 0.259 e. The monoisotopic (exact) mass is 483 g/mol. The van der Waals surface area contributed by atoms with Crippen LogP contribution in [0.4, 0.5) is 5.82 Å². The number of anilines is 1. The van der Waals surface area contributed by atoms with Gasteiger partial charge in [0, 0.05) is 35.2 Å². The summed E-state index contributed by atoms with van der Waals surface area (Å²) in [5.74, 6) is 2.25. The summed E-state index contributed by atoms with van der Waals surface area (Å²) in [7, 11) is 3.18. The minimum atomic E-state index is -0.200. The lowest BCUT2D eigenvalue weighted by atomic mass is 9.98. The van der Waals surface area contributed by atoms with Gasteiger partial charge in [-0.3, -0.25) is 9.78 Å². The molecule has 9 nitrogen and oxygen atoms in total. The summed E-state index contributed by atoms with van der Waals surface area (Å²) in [6.45, 7) is 3.94. The molecule has 0 fully saturated rings. The standard InChI is InChI=1S/C27H25N5O4/c1-15-26(16(2)36-31-15)20-11-18-10-19(17-7-8-25(28)30-13-17)27(33)32(22(18)12-24(20)35-4)14-21-23(34-3)6-5-9-29-21/h5-13H,14H2,1-4H3,(H2,28,30). The van der Waals surface area contributed by atoms with Crippen LogP contribution in [0.3, 0.4) is 0 Å². The largest absolute Gasteiger partial charge is 0.496 e. The van der Waals surface area contributed by atoms with Crippen molar-refractivity contribution in [2.45, 2.75) is 20.4 Å². The second-order valence-corrected chi connectivity index (χ2v) is 8.38. The van der Waals surface area contributed by atoms with Gasteiger partial charge in [-0.2, -0.15) is 0 Å². The zero-order valence-electron chi connectivity index (χ0n) is 20.4. The Balaban J connectivity index is 1.83. The van der Waals surface area contributed by atoms with E-state index in [1.165, 1.54) is 0 Å². The molecule has 0 bridgehead atoms. The molecule has 36 heavy (non-hydrogen) atoms. The van der Waals surface area contributed by atoms with Gasteiger partial charge in [-0.25, -0.2) is 4.98 Å². The van der Waals surface area contributed by atoms with Gasteiger partial charge in [0.25, 0.3) is 5.56 Å². The topological polar surface area (TPSA) is 118 Å². The highest BCUT2D eigenvalue weighted by Crippen LogP contribution is 2.38. The number of fused-ring (bicyclic) bond motifs is 1. The van der Waals surface area contributed by atoms with Crippen LogP contribution in [0.15, 0.2) is 64.2 Å². The zero-order chi connectivity index (χ0) is 25.4. The summed E-state index contributed by atoms with van der Waals surface area (Å²) in [5.41, 5.74) is 10.5. The quantitative estimate of drug-likeness (QED) is 0.378. The summed E-state index contributed by atoms with van der Waals surface area (Å²) >= 11 is 0. The molecule has 5 rings (SSSR count). The molecule has 0 unspecified atom stereocenters. The number of nitrogens with zero attached hydrogens (tertiary/aromatic N) is 4. The fourth-order valence-electron chi connectivity index (χ4n) is 4.45. The predicted molar refractivity (Wildman–Crippen MR) is 137 cm³/mol. The number of rotatable bonds is 6. The fraction of sp³-hybridized carbons (Fsp3) is 0.185. The summed E-state index contributed by atoms with van der Waals surface area (Å²) in [5, 5.41) is 4.93. The molecule has 4 heterocycles. The van der Waals surface area contributed by atoms with Crippen molar-refractivity contribution in [2.24, 2.45) is 0 Å². The third kappa shape index (κ3) is 3.94. The van der Waals surface area contributed by atoms with Gasteiger partial charge in [-0.15, -0.1) is 0 Å². The predicted octanol–water partition coefficient (Wildman–Crippen LogP) is 4.38. The number of hydrogen-bond acceptors (Lipinski definition) is 8. The Morgan fingerprint density at radius 2 is 1.78 bits per heavy atom. The van der Waals surface area contributed by atoms with Crippen molar-refractivity contribution < 1.29 is 14.0 Å². The van der Waals surface area contributed by atoms with Gasteiger partial charge in [-0.05, 0) is 55.6 Å². The summed E-state index contributed by atoms with van der Waals surface area (Å²) in [4.78, 5) is 22.5. The average Bonchev–Trinajstić information content (AvgIpc) is 3.23. The Morgan fingerprint density at radius 3 is 2.44 bits per heavy atom. The Hall–Kier alpha value is -4.66. The third-order valence-corrected chi connectivity index (χ3v) is 6.19. The van der Waals surface area contributed by atoms with E-state index in [9.17, 15) is 4.79 Å². The first-order valence-electron chi connectivity index (χ1n) is 11.3. The summed E-state index contributed by atoms with van der Waals surface area (Å²) < 4.78 is 18.3. The van der Waals surface area contributed by atoms with E-state index in [4.69, 9.17) is 19.7 Å². The Morgan fingerprint density at radius 1 is 1.00 bits per heavy atom. The van der Waals surface area contributed by atoms with E-state index in [2.05, 4.69) is 15.1 Å². The zero-order valence-corrected chi connectivity index (χ0v) is 20.4. The van der Waals surface area contributed by atoms with Crippen LogP contribution in [0.2, 0.25) is 0 Å². The van der Waals surface area contributed by atoms with Crippen LogP contribution in [0.1, 0.15) is 17.1 Å². The number of ether oxygens (including phenoxy) is 2. The van der Waals surface area contributed by atoms with Gasteiger partial charge in [0.15, 0.2) is 0 Å². The molecule has 0 amide bonds. The van der Waals surface area contributed by atoms with Gasteiger partial charge in [0.2, 0.25) is 0 Å². The lowest BCUT2D eigenvalue weighted by molar-refractivity contribution is 0.393. The fourth-order valence-corrected chi connectivity index (χ4v) is 4.45. The van der Waals surface area contributed by atoms with Crippen molar-refractivity contribution in [3.63, 3.8) is 0 Å². The highest BCUT2D eigenvalue weighted by Gasteiger charge is 2.20. The van der Waals surface area contributed by atoms with E-state index in [0.29, 0.717) is 45.4 Å². The second kappa shape index (κ2) is 9.18. The molecule has 0 aliphatic rings. The van der Waals surface area contributed by atoms with Crippen LogP contribution in [0, 0.1) is 13.8 Å². The first kappa shape index (κ1) is 23.1. The Bertz CT molecular complexity index is 1620. The van der Waals surface area contributed by atoms with Crippen LogP contribution in [0.5, 0.6) is 11.5 Å². The van der Waals surface area contributed by atoms with Gasteiger partial charge in [0.1, 0.15) is 28.8 Å². The van der Waals surface area contributed by atoms with E-state index in [-0.39, 0.29) is 12.1 Å². The van der Waals surface area contributed by atoms with E-state index in [1.54, 1.807) is 49.4 Å². The molecule has 5 aromatic rings. The average molecular weight is 484 g/mol. The summed E-state index contributed by atoms with van der Waals surface area (Å²) in [6.07, 6.45) is 3.28.